The van der Waals surface area contributed by atoms with Crippen LogP contribution in [0, 0.1) is 5.92 Å². The molecule has 0 unspecified atom stereocenters. The molecule has 0 saturated heterocycles. The van der Waals surface area contributed by atoms with Crippen molar-refractivity contribution in [3.05, 3.63) is 10.7 Å². The van der Waals surface area contributed by atoms with Gasteiger partial charge in [0.15, 0.2) is 0 Å². The number of halogens is 1. The average molecular weight is 299 g/mol. The van der Waals surface area contributed by atoms with E-state index in [9.17, 15) is 0 Å². The summed E-state index contributed by atoms with van der Waals surface area (Å²) in [4.78, 5) is 8.51. The normalized spacial score (nSPS) is 16.1. The van der Waals surface area contributed by atoms with Crippen molar-refractivity contribution in [2.45, 2.75) is 32.1 Å². The van der Waals surface area contributed by atoms with Gasteiger partial charge in [-0.3, -0.25) is 0 Å². The van der Waals surface area contributed by atoms with Gasteiger partial charge in [0.1, 0.15) is 5.82 Å². The first kappa shape index (κ1) is 12.6. The van der Waals surface area contributed by atoms with E-state index in [4.69, 9.17) is 0 Å². The van der Waals surface area contributed by atoms with Crippen molar-refractivity contribution in [3.63, 3.8) is 0 Å². The first-order valence-corrected chi connectivity index (χ1v) is 7.03. The molecule has 0 spiro atoms. The molecule has 94 valence electrons. The minimum absolute atomic E-state index is 0.650. The summed E-state index contributed by atoms with van der Waals surface area (Å²) in [5.41, 5.74) is 0. The highest BCUT2D eigenvalue weighted by molar-refractivity contribution is 9.10. The van der Waals surface area contributed by atoms with E-state index < -0.39 is 0 Å². The molecule has 1 fully saturated rings. The summed E-state index contributed by atoms with van der Waals surface area (Å²) in [5.74, 6) is 2.44. The highest BCUT2D eigenvalue weighted by Crippen LogP contribution is 2.27. The maximum atomic E-state index is 4.37. The lowest BCUT2D eigenvalue weighted by Gasteiger charge is -2.11. The highest BCUT2D eigenvalue weighted by atomic mass is 79.9. The van der Waals surface area contributed by atoms with E-state index in [1.807, 2.05) is 7.05 Å². The Kier molecular flexibility index (Phi) is 4.59. The second-order valence-corrected chi connectivity index (χ2v) is 5.36. The van der Waals surface area contributed by atoms with Gasteiger partial charge in [-0.1, -0.05) is 25.7 Å². The zero-order valence-corrected chi connectivity index (χ0v) is 11.8. The third kappa shape index (κ3) is 3.56. The van der Waals surface area contributed by atoms with Crippen LogP contribution in [0.25, 0.3) is 0 Å². The molecular weight excluding hydrogens is 280 g/mol. The van der Waals surface area contributed by atoms with Gasteiger partial charge in [-0.15, -0.1) is 0 Å². The standard InChI is InChI=1S/C12H19BrN4/c1-14-12-16-8-10(13)11(17-12)15-7-6-9-4-2-3-5-9/h8-9H,2-7H2,1H3,(H2,14,15,16,17). The Balaban J connectivity index is 1.84. The number of nitrogens with one attached hydrogen (secondary N) is 2. The number of anilines is 2. The zero-order chi connectivity index (χ0) is 12.1. The van der Waals surface area contributed by atoms with Crippen molar-refractivity contribution in [1.82, 2.24) is 9.97 Å². The molecule has 0 aliphatic heterocycles. The Morgan fingerprint density at radius 3 is 2.88 bits per heavy atom. The molecule has 5 heteroatoms. The Morgan fingerprint density at radius 1 is 1.41 bits per heavy atom. The fourth-order valence-corrected chi connectivity index (χ4v) is 2.64. The summed E-state index contributed by atoms with van der Waals surface area (Å²) >= 11 is 3.46. The SMILES string of the molecule is CNc1ncc(Br)c(NCCC2CCCC2)n1. The second-order valence-electron chi connectivity index (χ2n) is 4.51. The molecule has 2 N–H and O–H groups in total. The van der Waals surface area contributed by atoms with Gasteiger partial charge in [-0.25, -0.2) is 4.98 Å². The lowest BCUT2D eigenvalue weighted by Crippen LogP contribution is -2.09. The van der Waals surface area contributed by atoms with Crippen molar-refractivity contribution >= 4 is 27.7 Å². The predicted octanol–water partition coefficient (Wildman–Crippen LogP) is 3.27. The molecule has 1 aliphatic carbocycles. The van der Waals surface area contributed by atoms with Crippen molar-refractivity contribution in [2.75, 3.05) is 24.2 Å². The van der Waals surface area contributed by atoms with Crippen molar-refractivity contribution in [2.24, 2.45) is 5.92 Å². The van der Waals surface area contributed by atoms with Crippen LogP contribution in [0.4, 0.5) is 11.8 Å². The van der Waals surface area contributed by atoms with Gasteiger partial charge in [0, 0.05) is 19.8 Å². The van der Waals surface area contributed by atoms with Crippen LogP contribution in [0.5, 0.6) is 0 Å². The summed E-state index contributed by atoms with van der Waals surface area (Å²) in [6, 6.07) is 0. The summed E-state index contributed by atoms with van der Waals surface area (Å²) in [6.45, 7) is 0.990. The molecule has 0 radical (unpaired) electrons. The maximum Gasteiger partial charge on any atom is 0.224 e. The van der Waals surface area contributed by atoms with Gasteiger partial charge in [0.2, 0.25) is 5.95 Å². The van der Waals surface area contributed by atoms with E-state index in [1.54, 1.807) is 6.20 Å². The number of aromatic nitrogens is 2. The minimum atomic E-state index is 0.650. The zero-order valence-electron chi connectivity index (χ0n) is 10.2. The molecule has 0 amide bonds. The van der Waals surface area contributed by atoms with E-state index in [1.165, 1.54) is 32.1 Å². The molecular formula is C12H19BrN4. The van der Waals surface area contributed by atoms with Crippen LogP contribution < -0.4 is 10.6 Å². The molecule has 1 aromatic heterocycles. The minimum Gasteiger partial charge on any atom is -0.369 e. The molecule has 0 bridgehead atoms. The van der Waals surface area contributed by atoms with E-state index in [2.05, 4.69) is 36.5 Å². The van der Waals surface area contributed by atoms with Crippen LogP contribution in [0.2, 0.25) is 0 Å². The molecule has 1 saturated carbocycles. The van der Waals surface area contributed by atoms with Crippen molar-refractivity contribution in [3.8, 4) is 0 Å². The van der Waals surface area contributed by atoms with Crippen LogP contribution in [0.1, 0.15) is 32.1 Å². The second kappa shape index (κ2) is 6.19. The Morgan fingerprint density at radius 2 is 2.18 bits per heavy atom. The molecule has 1 aliphatic rings. The highest BCUT2D eigenvalue weighted by Gasteiger charge is 2.14. The summed E-state index contributed by atoms with van der Waals surface area (Å²) in [6.07, 6.45) is 8.63. The maximum absolute atomic E-state index is 4.37. The van der Waals surface area contributed by atoms with Gasteiger partial charge in [-0.2, -0.15) is 4.98 Å². The third-order valence-corrected chi connectivity index (χ3v) is 3.87. The van der Waals surface area contributed by atoms with Crippen molar-refractivity contribution < 1.29 is 0 Å². The molecule has 1 aromatic rings. The van der Waals surface area contributed by atoms with Gasteiger partial charge >= 0.3 is 0 Å². The van der Waals surface area contributed by atoms with Crippen molar-refractivity contribution in [1.29, 1.82) is 0 Å². The number of hydrogen-bond acceptors (Lipinski definition) is 4. The summed E-state index contributed by atoms with van der Waals surface area (Å²) in [5, 5.41) is 6.32. The molecule has 1 heterocycles. The summed E-state index contributed by atoms with van der Waals surface area (Å²) in [7, 11) is 1.82. The van der Waals surface area contributed by atoms with E-state index in [0.717, 1.165) is 22.8 Å². The smallest absolute Gasteiger partial charge is 0.224 e. The molecule has 17 heavy (non-hydrogen) atoms. The number of nitrogens with zero attached hydrogens (tertiary/aromatic N) is 2. The predicted molar refractivity (Wildman–Crippen MR) is 74.3 cm³/mol. The molecule has 0 aromatic carbocycles. The fraction of sp³-hybridized carbons (Fsp3) is 0.667. The molecule has 0 atom stereocenters. The largest absolute Gasteiger partial charge is 0.369 e. The fourth-order valence-electron chi connectivity index (χ4n) is 2.31. The van der Waals surface area contributed by atoms with E-state index >= 15 is 0 Å². The van der Waals surface area contributed by atoms with Crippen LogP contribution in [-0.2, 0) is 0 Å². The van der Waals surface area contributed by atoms with Crippen LogP contribution in [0.3, 0.4) is 0 Å². The number of rotatable bonds is 5. The van der Waals surface area contributed by atoms with Gasteiger partial charge in [-0.05, 0) is 28.3 Å². The third-order valence-electron chi connectivity index (χ3n) is 3.29. The Labute approximate surface area is 111 Å². The van der Waals surface area contributed by atoms with E-state index in [-0.39, 0.29) is 0 Å². The average Bonchev–Trinajstić information content (AvgIpc) is 2.84. The first-order chi connectivity index (χ1) is 8.29. The van der Waals surface area contributed by atoms with Gasteiger partial charge in [0.05, 0.1) is 4.47 Å². The Hall–Kier alpha value is -0.840. The lowest BCUT2D eigenvalue weighted by atomic mass is 10.0. The van der Waals surface area contributed by atoms with Crippen LogP contribution in [-0.4, -0.2) is 23.6 Å². The first-order valence-electron chi connectivity index (χ1n) is 6.23. The molecule has 2 rings (SSSR count). The topological polar surface area (TPSA) is 49.8 Å². The lowest BCUT2D eigenvalue weighted by molar-refractivity contribution is 0.518. The van der Waals surface area contributed by atoms with Crippen LogP contribution in [0.15, 0.2) is 10.7 Å². The summed E-state index contributed by atoms with van der Waals surface area (Å²) < 4.78 is 0.919. The number of hydrogen-bond donors (Lipinski definition) is 2. The van der Waals surface area contributed by atoms with Gasteiger partial charge < -0.3 is 10.6 Å². The Bertz CT molecular complexity index is 364. The van der Waals surface area contributed by atoms with E-state index in [0.29, 0.717) is 5.95 Å². The monoisotopic (exact) mass is 298 g/mol. The van der Waals surface area contributed by atoms with Crippen LogP contribution >= 0.6 is 15.9 Å². The molecule has 4 nitrogen and oxygen atoms in total. The van der Waals surface area contributed by atoms with Gasteiger partial charge in [0.25, 0.3) is 0 Å². The quantitative estimate of drug-likeness (QED) is 0.876.